The standard InChI is InChI=1S/C20H19FN4O2/c21-16-5-2-1-4-14(16)20(27)25-10-7-13(8-11-25)24-19(26)15-12-23-17-6-3-9-22-18(15)17/h1-6,9,12-13,23H,7-8,10-11H2,(H,24,26). The van der Waals surface area contributed by atoms with Gasteiger partial charge < -0.3 is 15.2 Å². The van der Waals surface area contributed by atoms with Crippen molar-refractivity contribution in [2.24, 2.45) is 0 Å². The summed E-state index contributed by atoms with van der Waals surface area (Å²) >= 11 is 0. The maximum Gasteiger partial charge on any atom is 0.256 e. The van der Waals surface area contributed by atoms with E-state index in [9.17, 15) is 14.0 Å². The van der Waals surface area contributed by atoms with Gasteiger partial charge in [-0.3, -0.25) is 14.6 Å². The Morgan fingerprint density at radius 1 is 1.11 bits per heavy atom. The van der Waals surface area contributed by atoms with E-state index in [1.54, 1.807) is 29.4 Å². The summed E-state index contributed by atoms with van der Waals surface area (Å²) in [6.45, 7) is 0.953. The van der Waals surface area contributed by atoms with Gasteiger partial charge in [0, 0.05) is 31.5 Å². The number of pyridine rings is 1. The van der Waals surface area contributed by atoms with E-state index in [4.69, 9.17) is 0 Å². The first-order chi connectivity index (χ1) is 13.1. The highest BCUT2D eigenvalue weighted by Crippen LogP contribution is 2.18. The van der Waals surface area contributed by atoms with E-state index in [-0.39, 0.29) is 23.4 Å². The SMILES string of the molecule is O=C(NC1CCN(C(=O)c2ccccc2F)CC1)c1c[nH]c2cccnc12. The lowest BCUT2D eigenvalue weighted by molar-refractivity contribution is 0.0694. The van der Waals surface area contributed by atoms with Gasteiger partial charge in [0.1, 0.15) is 11.3 Å². The second-order valence-corrected chi connectivity index (χ2v) is 6.62. The van der Waals surface area contributed by atoms with Crippen LogP contribution in [0.25, 0.3) is 11.0 Å². The van der Waals surface area contributed by atoms with E-state index in [2.05, 4.69) is 15.3 Å². The Kier molecular flexibility index (Phi) is 4.58. The van der Waals surface area contributed by atoms with E-state index < -0.39 is 5.82 Å². The zero-order valence-electron chi connectivity index (χ0n) is 14.6. The minimum atomic E-state index is -0.509. The number of hydrogen-bond acceptors (Lipinski definition) is 3. The maximum absolute atomic E-state index is 13.8. The van der Waals surface area contributed by atoms with Crippen molar-refractivity contribution in [3.8, 4) is 0 Å². The van der Waals surface area contributed by atoms with Crippen molar-refractivity contribution in [2.45, 2.75) is 18.9 Å². The Hall–Kier alpha value is -3.22. The number of hydrogen-bond donors (Lipinski definition) is 2. The zero-order valence-corrected chi connectivity index (χ0v) is 14.6. The first-order valence-electron chi connectivity index (χ1n) is 8.90. The van der Waals surface area contributed by atoms with Crippen molar-refractivity contribution in [3.05, 3.63) is 65.7 Å². The predicted octanol–water partition coefficient (Wildman–Crippen LogP) is 2.74. The molecule has 0 unspecified atom stereocenters. The minimum absolute atomic E-state index is 0.0316. The monoisotopic (exact) mass is 366 g/mol. The number of fused-ring (bicyclic) bond motifs is 1. The molecule has 0 aliphatic carbocycles. The Labute approximate surface area is 155 Å². The number of nitrogens with zero attached hydrogens (tertiary/aromatic N) is 2. The lowest BCUT2D eigenvalue weighted by Gasteiger charge is -2.32. The number of piperidine rings is 1. The van der Waals surface area contributed by atoms with Gasteiger partial charge >= 0.3 is 0 Å². The topological polar surface area (TPSA) is 78.1 Å². The number of aromatic nitrogens is 2. The average Bonchev–Trinajstić information content (AvgIpc) is 3.13. The van der Waals surface area contributed by atoms with Crippen molar-refractivity contribution < 1.29 is 14.0 Å². The summed E-state index contributed by atoms with van der Waals surface area (Å²) in [6, 6.07) is 9.64. The second kappa shape index (κ2) is 7.19. The van der Waals surface area contributed by atoms with Crippen LogP contribution < -0.4 is 5.32 Å². The van der Waals surface area contributed by atoms with Crippen molar-refractivity contribution in [1.29, 1.82) is 0 Å². The molecule has 4 rings (SSSR count). The van der Waals surface area contributed by atoms with Gasteiger partial charge in [0.05, 0.1) is 16.6 Å². The van der Waals surface area contributed by atoms with Gasteiger partial charge in [0.2, 0.25) is 0 Å². The molecule has 3 aromatic rings. The number of nitrogens with one attached hydrogen (secondary N) is 2. The van der Waals surface area contributed by atoms with Gasteiger partial charge in [0.15, 0.2) is 0 Å². The van der Waals surface area contributed by atoms with Crippen molar-refractivity contribution in [3.63, 3.8) is 0 Å². The molecule has 0 bridgehead atoms. The molecule has 2 aromatic heterocycles. The molecule has 0 saturated carbocycles. The Bertz CT molecular complexity index is 992. The first kappa shape index (κ1) is 17.2. The maximum atomic E-state index is 13.8. The molecule has 1 fully saturated rings. The molecule has 7 heteroatoms. The van der Waals surface area contributed by atoms with Crippen LogP contribution in [0, 0.1) is 5.82 Å². The van der Waals surface area contributed by atoms with Crippen LogP contribution in [0.1, 0.15) is 33.6 Å². The van der Waals surface area contributed by atoms with Crippen LogP contribution in [0.3, 0.4) is 0 Å². The third-order valence-electron chi connectivity index (χ3n) is 4.90. The number of carbonyl (C=O) groups is 2. The predicted molar refractivity (Wildman–Crippen MR) is 98.9 cm³/mol. The van der Waals surface area contributed by atoms with E-state index >= 15 is 0 Å². The largest absolute Gasteiger partial charge is 0.359 e. The molecule has 1 saturated heterocycles. The number of carbonyl (C=O) groups excluding carboxylic acids is 2. The Morgan fingerprint density at radius 2 is 1.89 bits per heavy atom. The van der Waals surface area contributed by atoms with Crippen LogP contribution in [-0.4, -0.2) is 45.8 Å². The van der Waals surface area contributed by atoms with Crippen LogP contribution in [-0.2, 0) is 0 Å². The Balaban J connectivity index is 1.37. The molecule has 2 amide bonds. The van der Waals surface area contributed by atoms with Gasteiger partial charge in [-0.1, -0.05) is 12.1 Å². The molecule has 1 aliphatic heterocycles. The van der Waals surface area contributed by atoms with E-state index in [1.807, 2.05) is 12.1 Å². The lowest BCUT2D eigenvalue weighted by atomic mass is 10.0. The fourth-order valence-corrected chi connectivity index (χ4v) is 3.42. The molecule has 0 atom stereocenters. The smallest absolute Gasteiger partial charge is 0.256 e. The van der Waals surface area contributed by atoms with Crippen LogP contribution in [0.2, 0.25) is 0 Å². The second-order valence-electron chi connectivity index (χ2n) is 6.62. The molecular weight excluding hydrogens is 347 g/mol. The molecule has 0 spiro atoms. The molecule has 1 aliphatic rings. The molecule has 138 valence electrons. The van der Waals surface area contributed by atoms with Gasteiger partial charge in [-0.25, -0.2) is 4.39 Å². The van der Waals surface area contributed by atoms with E-state index in [0.717, 1.165) is 5.52 Å². The summed E-state index contributed by atoms with van der Waals surface area (Å²) in [5.74, 6) is -0.998. The number of H-pyrrole nitrogens is 1. The van der Waals surface area contributed by atoms with Gasteiger partial charge in [0.25, 0.3) is 11.8 Å². The number of benzene rings is 1. The third-order valence-corrected chi connectivity index (χ3v) is 4.90. The Morgan fingerprint density at radius 3 is 2.67 bits per heavy atom. The molecule has 0 radical (unpaired) electrons. The van der Waals surface area contributed by atoms with Crippen LogP contribution in [0.4, 0.5) is 4.39 Å². The number of rotatable bonds is 3. The summed E-state index contributed by atoms with van der Waals surface area (Å²) in [7, 11) is 0. The van der Waals surface area contributed by atoms with E-state index in [1.165, 1.54) is 12.1 Å². The number of likely N-dealkylation sites (tertiary alicyclic amines) is 1. The molecule has 3 heterocycles. The van der Waals surface area contributed by atoms with Gasteiger partial charge in [-0.2, -0.15) is 0 Å². The van der Waals surface area contributed by atoms with Crippen LogP contribution in [0.15, 0.2) is 48.8 Å². The quantitative estimate of drug-likeness (QED) is 0.748. The van der Waals surface area contributed by atoms with E-state index in [0.29, 0.717) is 37.0 Å². The molecule has 6 nitrogen and oxygen atoms in total. The van der Waals surface area contributed by atoms with Crippen molar-refractivity contribution in [2.75, 3.05) is 13.1 Å². The minimum Gasteiger partial charge on any atom is -0.359 e. The first-order valence-corrected chi connectivity index (χ1v) is 8.90. The average molecular weight is 366 g/mol. The summed E-state index contributed by atoms with van der Waals surface area (Å²) in [6.07, 6.45) is 4.56. The fraction of sp³-hybridized carbons (Fsp3) is 0.250. The molecule has 1 aromatic carbocycles. The zero-order chi connectivity index (χ0) is 18.8. The highest BCUT2D eigenvalue weighted by Gasteiger charge is 2.26. The fourth-order valence-electron chi connectivity index (χ4n) is 3.42. The highest BCUT2D eigenvalue weighted by molar-refractivity contribution is 6.05. The van der Waals surface area contributed by atoms with Crippen LogP contribution in [0.5, 0.6) is 0 Å². The van der Waals surface area contributed by atoms with Gasteiger partial charge in [-0.05, 0) is 37.1 Å². The third kappa shape index (κ3) is 3.40. The molecular formula is C20H19FN4O2. The number of aromatic amines is 1. The lowest BCUT2D eigenvalue weighted by Crippen LogP contribution is -2.46. The summed E-state index contributed by atoms with van der Waals surface area (Å²) in [5.41, 5.74) is 2.05. The number of halogens is 1. The summed E-state index contributed by atoms with van der Waals surface area (Å²) < 4.78 is 13.8. The molecule has 27 heavy (non-hydrogen) atoms. The van der Waals surface area contributed by atoms with Gasteiger partial charge in [-0.15, -0.1) is 0 Å². The highest BCUT2D eigenvalue weighted by atomic mass is 19.1. The summed E-state index contributed by atoms with van der Waals surface area (Å²) in [4.78, 5) is 34.0. The number of amides is 2. The van der Waals surface area contributed by atoms with Crippen molar-refractivity contribution in [1.82, 2.24) is 20.2 Å². The van der Waals surface area contributed by atoms with Crippen LogP contribution >= 0.6 is 0 Å². The summed E-state index contributed by atoms with van der Waals surface area (Å²) in [5, 5.41) is 3.01. The normalized spacial score (nSPS) is 15.1. The molecule has 2 N–H and O–H groups in total. The van der Waals surface area contributed by atoms with Crippen molar-refractivity contribution >= 4 is 22.8 Å².